The molecular weight excluding hydrogens is 497 g/mol. The van der Waals surface area contributed by atoms with Crippen molar-refractivity contribution < 1.29 is 4.79 Å². The van der Waals surface area contributed by atoms with Gasteiger partial charge in [0.15, 0.2) is 0 Å². The Morgan fingerprint density at radius 2 is 1.42 bits per heavy atom. The highest BCUT2D eigenvalue weighted by Crippen LogP contribution is 2.14. The molecule has 0 aliphatic rings. The molecule has 0 bridgehead atoms. The molecular formula is C28H27Cl2N3O3. The van der Waals surface area contributed by atoms with Crippen molar-refractivity contribution >= 4 is 40.0 Å². The van der Waals surface area contributed by atoms with Crippen molar-refractivity contribution in [2.75, 3.05) is 6.54 Å². The van der Waals surface area contributed by atoms with Gasteiger partial charge in [-0.15, -0.1) is 0 Å². The Bertz CT molecular complexity index is 1460. The van der Waals surface area contributed by atoms with Crippen molar-refractivity contribution in [2.24, 2.45) is 0 Å². The van der Waals surface area contributed by atoms with Crippen LogP contribution in [0.5, 0.6) is 0 Å². The van der Waals surface area contributed by atoms with E-state index in [9.17, 15) is 14.4 Å². The van der Waals surface area contributed by atoms with E-state index < -0.39 is 0 Å². The minimum absolute atomic E-state index is 0.0463. The third kappa shape index (κ3) is 6.45. The highest BCUT2D eigenvalue weighted by atomic mass is 35.5. The number of hydrogen-bond acceptors (Lipinski definition) is 3. The maximum absolute atomic E-state index is 13.3. The maximum Gasteiger partial charge on any atom is 0.331 e. The van der Waals surface area contributed by atoms with E-state index in [-0.39, 0.29) is 23.7 Å². The summed E-state index contributed by atoms with van der Waals surface area (Å²) in [6.45, 7) is 1.12. The van der Waals surface area contributed by atoms with Crippen LogP contribution in [-0.4, -0.2) is 21.6 Å². The summed E-state index contributed by atoms with van der Waals surface area (Å²) in [4.78, 5) is 38.6. The van der Waals surface area contributed by atoms with Gasteiger partial charge in [-0.1, -0.05) is 59.6 Å². The minimum atomic E-state index is -0.360. The Morgan fingerprint density at radius 3 is 2.11 bits per heavy atom. The highest BCUT2D eigenvalue weighted by molar-refractivity contribution is 6.30. The van der Waals surface area contributed by atoms with Crippen LogP contribution in [0.1, 0.15) is 30.4 Å². The van der Waals surface area contributed by atoms with Crippen molar-refractivity contribution in [1.29, 1.82) is 0 Å². The number of nitrogens with one attached hydrogen (secondary N) is 1. The Morgan fingerprint density at radius 1 is 0.778 bits per heavy atom. The average Bonchev–Trinajstić information content (AvgIpc) is 2.88. The van der Waals surface area contributed by atoms with Crippen LogP contribution < -0.4 is 16.6 Å². The van der Waals surface area contributed by atoms with Gasteiger partial charge in [-0.2, -0.15) is 0 Å². The van der Waals surface area contributed by atoms with Gasteiger partial charge in [0.25, 0.3) is 5.56 Å². The van der Waals surface area contributed by atoms with Crippen LogP contribution in [0.4, 0.5) is 0 Å². The average molecular weight is 524 g/mol. The zero-order chi connectivity index (χ0) is 25.5. The van der Waals surface area contributed by atoms with Gasteiger partial charge in [-0.25, -0.2) is 4.79 Å². The summed E-state index contributed by atoms with van der Waals surface area (Å²) in [7, 11) is 0. The Labute approximate surface area is 219 Å². The minimum Gasteiger partial charge on any atom is -0.356 e. The van der Waals surface area contributed by atoms with Crippen molar-refractivity contribution in [2.45, 2.75) is 38.8 Å². The Hall–Kier alpha value is -3.35. The van der Waals surface area contributed by atoms with Gasteiger partial charge in [0, 0.05) is 29.6 Å². The molecule has 0 aliphatic heterocycles. The second-order valence-corrected chi connectivity index (χ2v) is 9.53. The van der Waals surface area contributed by atoms with E-state index in [0.29, 0.717) is 53.3 Å². The third-order valence-corrected chi connectivity index (χ3v) is 6.57. The fourth-order valence-electron chi connectivity index (χ4n) is 4.13. The molecule has 0 saturated heterocycles. The predicted octanol–water partition coefficient (Wildman–Crippen LogP) is 5.05. The molecule has 1 amide bonds. The summed E-state index contributed by atoms with van der Waals surface area (Å²) in [6.07, 6.45) is 2.17. The van der Waals surface area contributed by atoms with Crippen molar-refractivity contribution in [3.63, 3.8) is 0 Å². The molecule has 1 N–H and O–H groups in total. The fourth-order valence-corrected chi connectivity index (χ4v) is 4.39. The van der Waals surface area contributed by atoms with E-state index in [1.807, 2.05) is 42.5 Å². The van der Waals surface area contributed by atoms with Gasteiger partial charge in [0.05, 0.1) is 17.4 Å². The number of unbranched alkanes of at least 4 members (excludes halogenated alkanes) is 1. The SMILES string of the molecule is O=C(CCCCn1c(=O)c2ccccc2n(Cc2ccc(Cl)cc2)c1=O)NCCc1ccc(Cl)cc1. The summed E-state index contributed by atoms with van der Waals surface area (Å²) in [5.41, 5.74) is 1.94. The number of benzene rings is 3. The smallest absolute Gasteiger partial charge is 0.331 e. The highest BCUT2D eigenvalue weighted by Gasteiger charge is 2.13. The van der Waals surface area contributed by atoms with Crippen molar-refractivity contribution in [3.8, 4) is 0 Å². The first-order chi connectivity index (χ1) is 17.4. The normalized spacial score (nSPS) is 11.1. The first-order valence-corrected chi connectivity index (χ1v) is 12.7. The summed E-state index contributed by atoms with van der Waals surface area (Å²) in [5.74, 6) is -0.0463. The number of hydrogen-bond donors (Lipinski definition) is 1. The van der Waals surface area contributed by atoms with Crippen LogP contribution in [0.15, 0.2) is 82.4 Å². The largest absolute Gasteiger partial charge is 0.356 e. The zero-order valence-electron chi connectivity index (χ0n) is 19.8. The lowest BCUT2D eigenvalue weighted by atomic mass is 10.1. The van der Waals surface area contributed by atoms with E-state index in [4.69, 9.17) is 23.2 Å². The van der Waals surface area contributed by atoms with E-state index in [1.165, 1.54) is 4.57 Å². The summed E-state index contributed by atoms with van der Waals surface area (Å²) >= 11 is 11.9. The van der Waals surface area contributed by atoms with Crippen LogP contribution in [0, 0.1) is 0 Å². The third-order valence-electron chi connectivity index (χ3n) is 6.07. The number of carbonyl (C=O) groups excluding carboxylic acids is 1. The van der Waals surface area contributed by atoms with Crippen LogP contribution in [0.25, 0.3) is 10.9 Å². The number of amides is 1. The molecule has 4 rings (SSSR count). The van der Waals surface area contributed by atoms with Gasteiger partial charge in [0.2, 0.25) is 5.91 Å². The van der Waals surface area contributed by atoms with Crippen LogP contribution in [0.3, 0.4) is 0 Å². The number of halogens is 2. The fraction of sp³-hybridized carbons (Fsp3) is 0.250. The standard InChI is InChI=1S/C28H27Cl2N3O3/c29-22-12-8-20(9-13-22)16-17-31-26(34)7-3-4-18-32-27(35)24-5-1-2-6-25(24)33(28(32)36)19-21-10-14-23(30)15-11-21/h1-2,5-6,8-15H,3-4,7,16-19H2,(H,31,34). The van der Waals surface area contributed by atoms with Gasteiger partial charge in [-0.3, -0.25) is 18.7 Å². The molecule has 4 aromatic rings. The van der Waals surface area contributed by atoms with E-state index >= 15 is 0 Å². The zero-order valence-corrected chi connectivity index (χ0v) is 21.3. The molecule has 0 spiro atoms. The molecule has 186 valence electrons. The predicted molar refractivity (Wildman–Crippen MR) is 145 cm³/mol. The van der Waals surface area contributed by atoms with E-state index in [2.05, 4.69) is 5.32 Å². The van der Waals surface area contributed by atoms with Crippen molar-refractivity contribution in [1.82, 2.24) is 14.5 Å². The van der Waals surface area contributed by atoms with Gasteiger partial charge in [-0.05, 0) is 66.8 Å². The monoisotopic (exact) mass is 523 g/mol. The van der Waals surface area contributed by atoms with Crippen LogP contribution >= 0.6 is 23.2 Å². The quantitative estimate of drug-likeness (QED) is 0.295. The molecule has 0 saturated carbocycles. The molecule has 0 radical (unpaired) electrons. The molecule has 0 fully saturated rings. The van der Waals surface area contributed by atoms with Gasteiger partial charge >= 0.3 is 5.69 Å². The lowest BCUT2D eigenvalue weighted by molar-refractivity contribution is -0.121. The first-order valence-electron chi connectivity index (χ1n) is 11.9. The molecule has 1 heterocycles. The number of rotatable bonds is 10. The molecule has 36 heavy (non-hydrogen) atoms. The molecule has 3 aromatic carbocycles. The lowest BCUT2D eigenvalue weighted by Gasteiger charge is -2.14. The number of nitrogens with zero attached hydrogens (tertiary/aromatic N) is 2. The second-order valence-electron chi connectivity index (χ2n) is 8.65. The Balaban J connectivity index is 1.38. The number of para-hydroxylation sites is 1. The topological polar surface area (TPSA) is 73.1 Å². The maximum atomic E-state index is 13.3. The molecule has 0 atom stereocenters. The van der Waals surface area contributed by atoms with Gasteiger partial charge < -0.3 is 5.32 Å². The first kappa shape index (κ1) is 25.7. The summed E-state index contributed by atoms with van der Waals surface area (Å²) in [6, 6.07) is 22.0. The summed E-state index contributed by atoms with van der Waals surface area (Å²) in [5, 5.41) is 4.71. The lowest BCUT2D eigenvalue weighted by Crippen LogP contribution is -2.40. The van der Waals surface area contributed by atoms with E-state index in [0.717, 1.165) is 17.5 Å². The van der Waals surface area contributed by atoms with Gasteiger partial charge in [0.1, 0.15) is 0 Å². The molecule has 0 unspecified atom stereocenters. The van der Waals surface area contributed by atoms with E-state index in [1.54, 1.807) is 34.9 Å². The Kier molecular flexibility index (Phi) is 8.62. The molecule has 0 aliphatic carbocycles. The molecule has 8 heteroatoms. The number of carbonyl (C=O) groups is 1. The number of aromatic nitrogens is 2. The van der Waals surface area contributed by atoms with Crippen LogP contribution in [-0.2, 0) is 24.3 Å². The number of fused-ring (bicyclic) bond motifs is 1. The van der Waals surface area contributed by atoms with Crippen LogP contribution in [0.2, 0.25) is 10.0 Å². The van der Waals surface area contributed by atoms with Crippen molar-refractivity contribution in [3.05, 3.63) is 115 Å². The second kappa shape index (κ2) is 12.1. The summed E-state index contributed by atoms with van der Waals surface area (Å²) < 4.78 is 2.89. The molecule has 1 aromatic heterocycles. The molecule has 6 nitrogen and oxygen atoms in total.